The van der Waals surface area contributed by atoms with E-state index in [1.165, 1.54) is 12.1 Å². The van der Waals surface area contributed by atoms with Gasteiger partial charge in [0.2, 0.25) is 5.78 Å². The molecule has 88 valence electrons. The number of rotatable bonds is 3. The van der Waals surface area contributed by atoms with Crippen LogP contribution in [0, 0.1) is 17.7 Å². The molecule has 2 nitrogen and oxygen atoms in total. The Labute approximate surface area is 98.4 Å². The second kappa shape index (κ2) is 3.69. The van der Waals surface area contributed by atoms with E-state index < -0.39 is 0 Å². The molecule has 1 heterocycles. The number of carbonyl (C=O) groups is 1. The fourth-order valence-corrected chi connectivity index (χ4v) is 2.17. The van der Waals surface area contributed by atoms with Crippen LogP contribution in [0.15, 0.2) is 28.7 Å². The van der Waals surface area contributed by atoms with Crippen molar-refractivity contribution in [2.24, 2.45) is 11.8 Å². The van der Waals surface area contributed by atoms with Crippen LogP contribution in [0.1, 0.15) is 30.3 Å². The van der Waals surface area contributed by atoms with Gasteiger partial charge in [-0.1, -0.05) is 6.92 Å². The van der Waals surface area contributed by atoms with Crippen LogP contribution in [0.2, 0.25) is 0 Å². The summed E-state index contributed by atoms with van der Waals surface area (Å²) in [5.74, 6) is 0.592. The molecule has 1 atom stereocenters. The third-order valence-corrected chi connectivity index (χ3v) is 3.46. The highest BCUT2D eigenvalue weighted by atomic mass is 19.1. The lowest BCUT2D eigenvalue weighted by atomic mass is 9.99. The maximum Gasteiger partial charge on any atom is 0.201 e. The zero-order chi connectivity index (χ0) is 12.0. The van der Waals surface area contributed by atoms with Crippen molar-refractivity contribution in [1.29, 1.82) is 0 Å². The summed E-state index contributed by atoms with van der Waals surface area (Å²) in [7, 11) is 0. The van der Waals surface area contributed by atoms with Gasteiger partial charge in [-0.3, -0.25) is 4.79 Å². The topological polar surface area (TPSA) is 30.2 Å². The van der Waals surface area contributed by atoms with Crippen molar-refractivity contribution in [3.05, 3.63) is 35.8 Å². The van der Waals surface area contributed by atoms with E-state index in [-0.39, 0.29) is 17.5 Å². The van der Waals surface area contributed by atoms with Crippen molar-refractivity contribution in [2.45, 2.75) is 19.8 Å². The van der Waals surface area contributed by atoms with Crippen LogP contribution >= 0.6 is 0 Å². The highest BCUT2D eigenvalue weighted by Crippen LogP contribution is 2.38. The SMILES string of the molecule is CC(C(=O)c1cc2cc(F)ccc2o1)C1CC1. The number of halogens is 1. The largest absolute Gasteiger partial charge is 0.453 e. The number of furan rings is 1. The summed E-state index contributed by atoms with van der Waals surface area (Å²) in [6, 6.07) is 5.92. The summed E-state index contributed by atoms with van der Waals surface area (Å²) in [6.45, 7) is 1.94. The van der Waals surface area contributed by atoms with Crippen molar-refractivity contribution in [3.8, 4) is 0 Å². The third-order valence-electron chi connectivity index (χ3n) is 3.46. The van der Waals surface area contributed by atoms with Crippen molar-refractivity contribution in [1.82, 2.24) is 0 Å². The first-order valence-electron chi connectivity index (χ1n) is 5.88. The number of benzene rings is 1. The normalized spacial score (nSPS) is 17.3. The van der Waals surface area contributed by atoms with Gasteiger partial charge in [0.15, 0.2) is 5.76 Å². The van der Waals surface area contributed by atoms with Crippen molar-refractivity contribution in [2.75, 3.05) is 0 Å². The molecule has 3 rings (SSSR count). The molecule has 2 aromatic rings. The zero-order valence-corrected chi connectivity index (χ0v) is 9.57. The lowest BCUT2D eigenvalue weighted by molar-refractivity contribution is 0.0890. The summed E-state index contributed by atoms with van der Waals surface area (Å²) in [5.41, 5.74) is 0.567. The number of fused-ring (bicyclic) bond motifs is 1. The first-order chi connectivity index (χ1) is 8.15. The summed E-state index contributed by atoms with van der Waals surface area (Å²) < 4.78 is 18.5. The summed E-state index contributed by atoms with van der Waals surface area (Å²) in [6.07, 6.45) is 2.25. The number of hydrogen-bond acceptors (Lipinski definition) is 2. The van der Waals surface area contributed by atoms with Crippen molar-refractivity contribution in [3.63, 3.8) is 0 Å². The van der Waals surface area contributed by atoms with E-state index in [2.05, 4.69) is 0 Å². The predicted octanol–water partition coefficient (Wildman–Crippen LogP) is 3.80. The molecule has 1 aliphatic rings. The van der Waals surface area contributed by atoms with Gasteiger partial charge in [-0.25, -0.2) is 4.39 Å². The van der Waals surface area contributed by atoms with Crippen LogP contribution in [0.5, 0.6) is 0 Å². The molecule has 0 saturated heterocycles. The van der Waals surface area contributed by atoms with Gasteiger partial charge in [0, 0.05) is 11.3 Å². The molecule has 0 N–H and O–H groups in total. The molecule has 0 radical (unpaired) electrons. The van der Waals surface area contributed by atoms with Gasteiger partial charge in [-0.15, -0.1) is 0 Å². The average Bonchev–Trinajstić information content (AvgIpc) is 3.07. The zero-order valence-electron chi connectivity index (χ0n) is 9.57. The highest BCUT2D eigenvalue weighted by Gasteiger charge is 2.34. The molecule has 0 spiro atoms. The third kappa shape index (κ3) is 1.86. The van der Waals surface area contributed by atoms with Gasteiger partial charge in [-0.05, 0) is 43.0 Å². The Morgan fingerprint density at radius 1 is 1.41 bits per heavy atom. The molecule has 0 amide bonds. The molecule has 1 aromatic heterocycles. The van der Waals surface area contributed by atoms with Gasteiger partial charge in [-0.2, -0.15) is 0 Å². The van der Waals surface area contributed by atoms with Crippen LogP contribution in [0.25, 0.3) is 11.0 Å². The Morgan fingerprint density at radius 2 is 2.18 bits per heavy atom. The second-order valence-electron chi connectivity index (χ2n) is 4.78. The second-order valence-corrected chi connectivity index (χ2v) is 4.78. The molecule has 1 aliphatic carbocycles. The first-order valence-corrected chi connectivity index (χ1v) is 5.88. The molecule has 0 bridgehead atoms. The molecule has 1 saturated carbocycles. The van der Waals surface area contributed by atoms with Gasteiger partial charge >= 0.3 is 0 Å². The van der Waals surface area contributed by atoms with Crippen LogP contribution in [-0.2, 0) is 0 Å². The Hall–Kier alpha value is -1.64. The van der Waals surface area contributed by atoms with Gasteiger partial charge < -0.3 is 4.42 Å². The summed E-state index contributed by atoms with van der Waals surface area (Å²) >= 11 is 0. The van der Waals surface area contributed by atoms with E-state index in [0.717, 1.165) is 12.8 Å². The van der Waals surface area contributed by atoms with E-state index in [1.54, 1.807) is 12.1 Å². The van der Waals surface area contributed by atoms with E-state index in [9.17, 15) is 9.18 Å². The lowest BCUT2D eigenvalue weighted by Crippen LogP contribution is -2.12. The van der Waals surface area contributed by atoms with Crippen LogP contribution < -0.4 is 0 Å². The molecular weight excluding hydrogens is 219 g/mol. The minimum absolute atomic E-state index is 0.0143. The Kier molecular flexibility index (Phi) is 2.28. The van der Waals surface area contributed by atoms with E-state index in [4.69, 9.17) is 4.42 Å². The Balaban J connectivity index is 1.97. The molecule has 1 aromatic carbocycles. The first kappa shape index (κ1) is 10.5. The molecule has 3 heteroatoms. The van der Waals surface area contributed by atoms with Crippen molar-refractivity contribution < 1.29 is 13.6 Å². The number of Topliss-reactive ketones (excluding diaryl/α,β-unsaturated/α-hetero) is 1. The Bertz CT molecular complexity index is 581. The van der Waals surface area contributed by atoms with Crippen molar-refractivity contribution >= 4 is 16.8 Å². The molecule has 1 unspecified atom stereocenters. The molecule has 0 aliphatic heterocycles. The minimum Gasteiger partial charge on any atom is -0.453 e. The number of ketones is 1. The van der Waals surface area contributed by atoms with E-state index >= 15 is 0 Å². The van der Waals surface area contributed by atoms with Crippen LogP contribution in [0.4, 0.5) is 4.39 Å². The summed E-state index contributed by atoms with van der Waals surface area (Å²) in [5, 5.41) is 0.649. The van der Waals surface area contributed by atoms with E-state index in [0.29, 0.717) is 22.6 Å². The van der Waals surface area contributed by atoms with E-state index in [1.807, 2.05) is 6.92 Å². The molecular formula is C14H13FO2. The fraction of sp³-hybridized carbons (Fsp3) is 0.357. The number of carbonyl (C=O) groups excluding carboxylic acids is 1. The number of hydrogen-bond donors (Lipinski definition) is 0. The molecule has 17 heavy (non-hydrogen) atoms. The highest BCUT2D eigenvalue weighted by molar-refractivity contribution is 5.99. The predicted molar refractivity (Wildman–Crippen MR) is 62.4 cm³/mol. The quantitative estimate of drug-likeness (QED) is 0.753. The van der Waals surface area contributed by atoms with Crippen LogP contribution in [0.3, 0.4) is 0 Å². The maximum absolute atomic E-state index is 13.0. The smallest absolute Gasteiger partial charge is 0.201 e. The average molecular weight is 232 g/mol. The van der Waals surface area contributed by atoms with Crippen LogP contribution in [-0.4, -0.2) is 5.78 Å². The fourth-order valence-electron chi connectivity index (χ4n) is 2.17. The molecule has 1 fully saturated rings. The Morgan fingerprint density at radius 3 is 2.88 bits per heavy atom. The monoisotopic (exact) mass is 232 g/mol. The van der Waals surface area contributed by atoms with Gasteiger partial charge in [0.1, 0.15) is 11.4 Å². The lowest BCUT2D eigenvalue weighted by Gasteiger charge is -2.04. The standard InChI is InChI=1S/C14H13FO2/c1-8(9-2-3-9)14(16)13-7-10-6-11(15)4-5-12(10)17-13/h4-9H,2-3H2,1H3. The minimum atomic E-state index is -0.312. The van der Waals surface area contributed by atoms with Gasteiger partial charge in [0.25, 0.3) is 0 Å². The summed E-state index contributed by atoms with van der Waals surface area (Å²) in [4.78, 5) is 12.1. The maximum atomic E-state index is 13.0. The van der Waals surface area contributed by atoms with Gasteiger partial charge in [0.05, 0.1) is 0 Å².